The molecule has 3 rings (SSSR count). The lowest BCUT2D eigenvalue weighted by molar-refractivity contribution is -0.115. The SMILES string of the molecule is COC(=O)N1CCc2c(sc(NC(=O)CCSc3ccc(Cl)cc3)c2C#N)C1. The second-order valence-electron chi connectivity index (χ2n) is 6.06. The zero-order valence-electron chi connectivity index (χ0n) is 15.2. The zero-order valence-corrected chi connectivity index (χ0v) is 17.5. The van der Waals surface area contributed by atoms with Gasteiger partial charge in [-0.25, -0.2) is 4.79 Å². The van der Waals surface area contributed by atoms with E-state index in [1.54, 1.807) is 16.7 Å². The van der Waals surface area contributed by atoms with Gasteiger partial charge in [-0.15, -0.1) is 23.1 Å². The average Bonchev–Trinajstić information content (AvgIpc) is 3.04. The highest BCUT2D eigenvalue weighted by atomic mass is 35.5. The summed E-state index contributed by atoms with van der Waals surface area (Å²) >= 11 is 8.79. The van der Waals surface area contributed by atoms with E-state index in [0.717, 1.165) is 15.3 Å². The molecule has 9 heteroatoms. The molecule has 0 spiro atoms. The molecule has 146 valence electrons. The number of nitrogens with zero attached hydrogens (tertiary/aromatic N) is 2. The molecule has 1 N–H and O–H groups in total. The van der Waals surface area contributed by atoms with E-state index in [1.807, 2.05) is 24.3 Å². The van der Waals surface area contributed by atoms with E-state index in [1.165, 1.54) is 18.4 Å². The normalized spacial score (nSPS) is 12.8. The van der Waals surface area contributed by atoms with Crippen molar-refractivity contribution in [3.8, 4) is 6.07 Å². The van der Waals surface area contributed by atoms with Crippen molar-refractivity contribution >= 4 is 51.7 Å². The van der Waals surface area contributed by atoms with Crippen LogP contribution in [-0.2, 0) is 22.5 Å². The lowest BCUT2D eigenvalue weighted by atomic mass is 10.0. The number of nitriles is 1. The van der Waals surface area contributed by atoms with Crippen LogP contribution in [0.3, 0.4) is 0 Å². The Balaban J connectivity index is 1.60. The Morgan fingerprint density at radius 2 is 2.14 bits per heavy atom. The van der Waals surface area contributed by atoms with E-state index >= 15 is 0 Å². The maximum atomic E-state index is 12.3. The second-order valence-corrected chi connectivity index (χ2v) is 8.77. The highest BCUT2D eigenvalue weighted by Crippen LogP contribution is 2.37. The number of anilines is 1. The van der Waals surface area contributed by atoms with E-state index in [4.69, 9.17) is 16.3 Å². The average molecular weight is 436 g/mol. The van der Waals surface area contributed by atoms with Crippen molar-refractivity contribution in [2.24, 2.45) is 0 Å². The highest BCUT2D eigenvalue weighted by molar-refractivity contribution is 7.99. The molecular formula is C19H18ClN3O3S2. The number of hydrogen-bond acceptors (Lipinski definition) is 6. The summed E-state index contributed by atoms with van der Waals surface area (Å²) in [5.41, 5.74) is 1.42. The Labute approximate surface area is 176 Å². The number of carbonyl (C=O) groups is 2. The van der Waals surface area contributed by atoms with Crippen LogP contribution >= 0.6 is 34.7 Å². The Morgan fingerprint density at radius 1 is 1.39 bits per heavy atom. The summed E-state index contributed by atoms with van der Waals surface area (Å²) in [6.45, 7) is 0.889. The molecule has 6 nitrogen and oxygen atoms in total. The molecule has 1 aromatic carbocycles. The summed E-state index contributed by atoms with van der Waals surface area (Å²) < 4.78 is 4.77. The quantitative estimate of drug-likeness (QED) is 0.698. The smallest absolute Gasteiger partial charge is 0.409 e. The van der Waals surface area contributed by atoms with Crippen LogP contribution in [0, 0.1) is 11.3 Å². The molecule has 1 aliphatic heterocycles. The fourth-order valence-electron chi connectivity index (χ4n) is 2.88. The fourth-order valence-corrected chi connectivity index (χ4v) is 5.08. The molecule has 0 fully saturated rings. The number of thioether (sulfide) groups is 1. The summed E-state index contributed by atoms with van der Waals surface area (Å²) in [5.74, 6) is 0.484. The van der Waals surface area contributed by atoms with Crippen molar-refractivity contribution in [1.29, 1.82) is 5.26 Å². The number of amides is 2. The Hall–Kier alpha value is -2.21. The summed E-state index contributed by atoms with van der Waals surface area (Å²) in [5, 5.41) is 13.6. The number of carbonyl (C=O) groups excluding carboxylic acids is 2. The standard InChI is InChI=1S/C19H18ClN3O3S2/c1-26-19(25)23-8-6-14-15(10-21)18(28-16(14)11-23)22-17(24)7-9-27-13-4-2-12(20)3-5-13/h2-5H,6-9,11H2,1H3,(H,22,24). The number of thiophene rings is 1. The third-order valence-corrected chi connectivity index (χ3v) is 6.66. The van der Waals surface area contributed by atoms with E-state index in [-0.39, 0.29) is 12.0 Å². The van der Waals surface area contributed by atoms with Crippen molar-refractivity contribution in [3.63, 3.8) is 0 Å². The molecule has 2 heterocycles. The predicted molar refractivity (Wildman–Crippen MR) is 111 cm³/mol. The Kier molecular flexibility index (Phi) is 6.83. The van der Waals surface area contributed by atoms with Crippen LogP contribution in [0.5, 0.6) is 0 Å². The van der Waals surface area contributed by atoms with E-state index in [9.17, 15) is 14.9 Å². The second kappa shape index (κ2) is 9.32. The van der Waals surface area contributed by atoms with Gasteiger partial charge in [0, 0.05) is 33.5 Å². The predicted octanol–water partition coefficient (Wildman–Crippen LogP) is 4.52. The van der Waals surface area contributed by atoms with Gasteiger partial charge in [0.05, 0.1) is 19.2 Å². The van der Waals surface area contributed by atoms with Crippen LogP contribution in [0.4, 0.5) is 9.80 Å². The van der Waals surface area contributed by atoms with E-state index in [0.29, 0.717) is 47.3 Å². The lowest BCUT2D eigenvalue weighted by Crippen LogP contribution is -2.35. The van der Waals surface area contributed by atoms with Gasteiger partial charge in [-0.1, -0.05) is 11.6 Å². The van der Waals surface area contributed by atoms with Gasteiger partial charge in [-0.3, -0.25) is 4.79 Å². The maximum absolute atomic E-state index is 12.3. The molecule has 0 unspecified atom stereocenters. The van der Waals surface area contributed by atoms with Crippen molar-refractivity contribution in [2.75, 3.05) is 24.7 Å². The van der Waals surface area contributed by atoms with Gasteiger partial charge in [0.1, 0.15) is 11.1 Å². The number of rotatable bonds is 5. The van der Waals surface area contributed by atoms with Gasteiger partial charge in [-0.05, 0) is 36.2 Å². The number of methoxy groups -OCH3 is 1. The van der Waals surface area contributed by atoms with E-state index < -0.39 is 0 Å². The zero-order chi connectivity index (χ0) is 20.1. The molecule has 0 atom stereocenters. The molecule has 2 aromatic rings. The van der Waals surface area contributed by atoms with Crippen molar-refractivity contribution in [2.45, 2.75) is 24.3 Å². The molecular weight excluding hydrogens is 418 g/mol. The van der Waals surface area contributed by atoms with Crippen LogP contribution < -0.4 is 5.32 Å². The first kappa shape index (κ1) is 20.5. The first-order valence-electron chi connectivity index (χ1n) is 8.57. The number of benzene rings is 1. The number of hydrogen-bond donors (Lipinski definition) is 1. The van der Waals surface area contributed by atoms with Crippen LogP contribution in [0.15, 0.2) is 29.2 Å². The Bertz CT molecular complexity index is 922. The van der Waals surface area contributed by atoms with Crippen LogP contribution in [0.2, 0.25) is 5.02 Å². The number of halogens is 1. The summed E-state index contributed by atoms with van der Waals surface area (Å²) in [4.78, 5) is 27.6. The molecule has 0 radical (unpaired) electrons. The van der Waals surface area contributed by atoms with Gasteiger partial charge < -0.3 is 15.0 Å². The fraction of sp³-hybridized carbons (Fsp3) is 0.316. The van der Waals surface area contributed by atoms with Gasteiger partial charge in [0.25, 0.3) is 0 Å². The van der Waals surface area contributed by atoms with Gasteiger partial charge in [0.2, 0.25) is 5.91 Å². The number of nitrogens with one attached hydrogen (secondary N) is 1. The first-order chi connectivity index (χ1) is 13.5. The van der Waals surface area contributed by atoms with E-state index in [2.05, 4.69) is 11.4 Å². The summed E-state index contributed by atoms with van der Waals surface area (Å²) in [6, 6.07) is 9.66. The number of fused-ring (bicyclic) bond motifs is 1. The van der Waals surface area contributed by atoms with Crippen molar-refractivity contribution in [3.05, 3.63) is 45.3 Å². The van der Waals surface area contributed by atoms with Gasteiger partial charge in [-0.2, -0.15) is 5.26 Å². The van der Waals surface area contributed by atoms with Crippen molar-refractivity contribution in [1.82, 2.24) is 4.90 Å². The highest BCUT2D eigenvalue weighted by Gasteiger charge is 2.27. The van der Waals surface area contributed by atoms with Gasteiger partial charge in [0.15, 0.2) is 0 Å². The molecule has 1 aromatic heterocycles. The molecule has 28 heavy (non-hydrogen) atoms. The summed E-state index contributed by atoms with van der Waals surface area (Å²) in [6.07, 6.45) is 0.517. The minimum Gasteiger partial charge on any atom is -0.453 e. The largest absolute Gasteiger partial charge is 0.453 e. The molecule has 1 aliphatic rings. The van der Waals surface area contributed by atoms with Crippen LogP contribution in [0.25, 0.3) is 0 Å². The first-order valence-corrected chi connectivity index (χ1v) is 10.8. The lowest BCUT2D eigenvalue weighted by Gasteiger charge is -2.25. The number of ether oxygens (including phenoxy) is 1. The Morgan fingerprint density at radius 3 is 2.82 bits per heavy atom. The molecule has 0 aliphatic carbocycles. The molecule has 0 saturated carbocycles. The molecule has 2 amide bonds. The van der Waals surface area contributed by atoms with Crippen molar-refractivity contribution < 1.29 is 14.3 Å². The van der Waals surface area contributed by atoms with Gasteiger partial charge >= 0.3 is 6.09 Å². The summed E-state index contributed by atoms with van der Waals surface area (Å²) in [7, 11) is 1.35. The third-order valence-electron chi connectivity index (χ3n) is 4.27. The minimum atomic E-state index is -0.387. The topological polar surface area (TPSA) is 82.4 Å². The molecule has 0 bridgehead atoms. The van der Waals surface area contributed by atoms with Crippen LogP contribution in [0.1, 0.15) is 22.4 Å². The monoisotopic (exact) mass is 435 g/mol. The minimum absolute atomic E-state index is 0.138. The third kappa shape index (κ3) is 4.79. The van der Waals surface area contributed by atoms with Crippen LogP contribution in [-0.4, -0.2) is 36.3 Å². The molecule has 0 saturated heterocycles. The maximum Gasteiger partial charge on any atom is 0.409 e.